The molecule has 1 aliphatic rings. The molecule has 23 heavy (non-hydrogen) atoms. The Bertz CT molecular complexity index is 642. The summed E-state index contributed by atoms with van der Waals surface area (Å²) in [6, 6.07) is 6.08. The number of benzene rings is 1. The molecular formula is C16H23FN2O3S. The van der Waals surface area contributed by atoms with Gasteiger partial charge in [-0.25, -0.2) is 12.8 Å². The van der Waals surface area contributed by atoms with E-state index < -0.39 is 15.8 Å². The first-order chi connectivity index (χ1) is 10.9. The van der Waals surface area contributed by atoms with Gasteiger partial charge >= 0.3 is 0 Å². The van der Waals surface area contributed by atoms with Crippen molar-refractivity contribution < 1.29 is 17.6 Å². The van der Waals surface area contributed by atoms with E-state index in [0.29, 0.717) is 5.56 Å². The summed E-state index contributed by atoms with van der Waals surface area (Å²) < 4.78 is 38.7. The average molecular weight is 342 g/mol. The van der Waals surface area contributed by atoms with Crippen LogP contribution in [0.3, 0.4) is 0 Å². The van der Waals surface area contributed by atoms with Crippen molar-refractivity contribution >= 4 is 15.9 Å². The summed E-state index contributed by atoms with van der Waals surface area (Å²) in [5, 5.41) is 0. The summed E-state index contributed by atoms with van der Waals surface area (Å²) in [5.41, 5.74) is 0.309. The molecule has 0 spiro atoms. The van der Waals surface area contributed by atoms with Crippen LogP contribution in [0.25, 0.3) is 0 Å². The zero-order chi connectivity index (χ0) is 16.9. The van der Waals surface area contributed by atoms with Crippen molar-refractivity contribution in [3.63, 3.8) is 0 Å². The predicted molar refractivity (Wildman–Crippen MR) is 86.7 cm³/mol. The van der Waals surface area contributed by atoms with Crippen molar-refractivity contribution in [1.82, 2.24) is 9.21 Å². The monoisotopic (exact) mass is 342 g/mol. The third-order valence-corrected chi connectivity index (χ3v) is 5.31. The predicted octanol–water partition coefficient (Wildman–Crippen LogP) is 1.99. The zero-order valence-electron chi connectivity index (χ0n) is 13.4. The van der Waals surface area contributed by atoms with Gasteiger partial charge in [0.1, 0.15) is 5.82 Å². The molecule has 1 saturated heterocycles. The lowest BCUT2D eigenvalue weighted by atomic mass is 10.1. The maximum Gasteiger partial charge on any atom is 0.223 e. The van der Waals surface area contributed by atoms with Crippen molar-refractivity contribution in [1.29, 1.82) is 0 Å². The second-order valence-electron chi connectivity index (χ2n) is 5.88. The third kappa shape index (κ3) is 5.28. The number of carbonyl (C=O) groups excluding carboxylic acids is 1. The standard InChI is InChI=1S/C16H23FN2O3S/c1-23(21,22)19(13-14-7-3-4-8-15(14)17)12-9-16(20)18-10-5-2-6-11-18/h3-4,7-8H,2,5-6,9-13H2,1H3. The molecule has 0 radical (unpaired) electrons. The molecule has 1 aromatic rings. The van der Waals surface area contributed by atoms with Gasteiger partial charge in [-0.2, -0.15) is 4.31 Å². The highest BCUT2D eigenvalue weighted by Crippen LogP contribution is 2.14. The SMILES string of the molecule is CS(=O)(=O)N(CCC(=O)N1CCCCC1)Cc1ccccc1F. The van der Waals surface area contributed by atoms with Crippen LogP contribution in [0, 0.1) is 5.82 Å². The Morgan fingerprint density at radius 2 is 1.87 bits per heavy atom. The average Bonchev–Trinajstić information content (AvgIpc) is 2.52. The fourth-order valence-corrected chi connectivity index (χ4v) is 3.50. The van der Waals surface area contributed by atoms with Gasteiger partial charge in [0.05, 0.1) is 6.26 Å². The molecule has 5 nitrogen and oxygen atoms in total. The molecule has 7 heteroatoms. The summed E-state index contributed by atoms with van der Waals surface area (Å²) >= 11 is 0. The largest absolute Gasteiger partial charge is 0.343 e. The number of hydrogen-bond acceptors (Lipinski definition) is 3. The van der Waals surface area contributed by atoms with Crippen molar-refractivity contribution in [2.75, 3.05) is 25.9 Å². The Hall–Kier alpha value is -1.47. The van der Waals surface area contributed by atoms with Crippen molar-refractivity contribution in [2.24, 2.45) is 0 Å². The topological polar surface area (TPSA) is 57.7 Å². The molecule has 0 aromatic heterocycles. The Labute approximate surface area is 137 Å². The van der Waals surface area contributed by atoms with Gasteiger partial charge in [-0.05, 0) is 25.3 Å². The number of rotatable bonds is 6. The van der Waals surface area contributed by atoms with Crippen LogP contribution in [0.4, 0.5) is 4.39 Å². The summed E-state index contributed by atoms with van der Waals surface area (Å²) in [5.74, 6) is -0.476. The van der Waals surface area contributed by atoms with Crippen LogP contribution < -0.4 is 0 Å². The van der Waals surface area contributed by atoms with Gasteiger partial charge < -0.3 is 4.90 Å². The fourth-order valence-electron chi connectivity index (χ4n) is 2.70. The third-order valence-electron chi connectivity index (χ3n) is 4.06. The lowest BCUT2D eigenvalue weighted by Gasteiger charge is -2.28. The molecule has 1 aliphatic heterocycles. The molecule has 128 valence electrons. The molecule has 0 atom stereocenters. The summed E-state index contributed by atoms with van der Waals surface area (Å²) in [4.78, 5) is 14.0. The second kappa shape index (κ2) is 7.88. The van der Waals surface area contributed by atoms with Crippen LogP contribution in [-0.2, 0) is 21.4 Å². The van der Waals surface area contributed by atoms with Crippen molar-refractivity contribution in [3.8, 4) is 0 Å². The van der Waals surface area contributed by atoms with E-state index in [-0.39, 0.29) is 25.4 Å². The van der Waals surface area contributed by atoms with E-state index in [9.17, 15) is 17.6 Å². The van der Waals surface area contributed by atoms with E-state index in [1.807, 2.05) is 0 Å². The summed E-state index contributed by atoms with van der Waals surface area (Å²) in [6.45, 7) is 1.50. The van der Waals surface area contributed by atoms with Crippen LogP contribution in [0.5, 0.6) is 0 Å². The minimum absolute atomic E-state index is 0.0353. The van der Waals surface area contributed by atoms with Gasteiger partial charge in [0, 0.05) is 38.2 Å². The molecule has 1 aromatic carbocycles. The summed E-state index contributed by atoms with van der Waals surface area (Å²) in [6.07, 6.45) is 4.33. The quantitative estimate of drug-likeness (QED) is 0.794. The number of piperidine rings is 1. The van der Waals surface area contributed by atoms with E-state index in [2.05, 4.69) is 0 Å². The molecule has 0 unspecified atom stereocenters. The zero-order valence-corrected chi connectivity index (χ0v) is 14.2. The number of amides is 1. The maximum absolute atomic E-state index is 13.7. The first kappa shape index (κ1) is 17.9. The van der Waals surface area contributed by atoms with Gasteiger partial charge in [0.25, 0.3) is 0 Å². The number of sulfonamides is 1. The first-order valence-electron chi connectivity index (χ1n) is 7.84. The molecule has 0 aliphatic carbocycles. The van der Waals surface area contributed by atoms with Gasteiger partial charge in [0.2, 0.25) is 15.9 Å². The Kier molecular flexibility index (Phi) is 6.12. The van der Waals surface area contributed by atoms with E-state index in [1.165, 1.54) is 6.07 Å². The second-order valence-corrected chi connectivity index (χ2v) is 7.86. The number of halogens is 1. The van der Waals surface area contributed by atoms with Crippen LogP contribution in [0.1, 0.15) is 31.2 Å². The van der Waals surface area contributed by atoms with Gasteiger partial charge in [-0.1, -0.05) is 18.2 Å². The number of nitrogens with zero attached hydrogens (tertiary/aromatic N) is 2. The lowest BCUT2D eigenvalue weighted by molar-refractivity contribution is -0.132. The Balaban J connectivity index is 1.99. The van der Waals surface area contributed by atoms with E-state index in [1.54, 1.807) is 23.1 Å². The first-order valence-corrected chi connectivity index (χ1v) is 9.69. The molecule has 0 saturated carbocycles. The van der Waals surface area contributed by atoms with Crippen LogP contribution in [0.15, 0.2) is 24.3 Å². The highest BCUT2D eigenvalue weighted by atomic mass is 32.2. The van der Waals surface area contributed by atoms with Crippen LogP contribution in [0.2, 0.25) is 0 Å². The van der Waals surface area contributed by atoms with Gasteiger partial charge in [-0.15, -0.1) is 0 Å². The van der Waals surface area contributed by atoms with Crippen molar-refractivity contribution in [2.45, 2.75) is 32.2 Å². The molecule has 1 amide bonds. The molecule has 0 bridgehead atoms. The highest BCUT2D eigenvalue weighted by Gasteiger charge is 2.22. The number of hydrogen-bond donors (Lipinski definition) is 0. The van der Waals surface area contributed by atoms with Crippen molar-refractivity contribution in [3.05, 3.63) is 35.6 Å². The molecule has 1 heterocycles. The number of likely N-dealkylation sites (tertiary alicyclic amines) is 1. The summed E-state index contributed by atoms with van der Waals surface area (Å²) in [7, 11) is -3.51. The smallest absolute Gasteiger partial charge is 0.223 e. The molecule has 2 rings (SSSR count). The highest BCUT2D eigenvalue weighted by molar-refractivity contribution is 7.88. The molecule has 0 N–H and O–H groups in total. The van der Waals surface area contributed by atoms with Crippen LogP contribution in [-0.4, -0.2) is 49.4 Å². The van der Waals surface area contributed by atoms with Gasteiger partial charge in [-0.3, -0.25) is 4.79 Å². The number of carbonyl (C=O) groups is 1. The molecule has 1 fully saturated rings. The van der Waals surface area contributed by atoms with E-state index in [0.717, 1.165) is 42.9 Å². The lowest BCUT2D eigenvalue weighted by Crippen LogP contribution is -2.39. The van der Waals surface area contributed by atoms with E-state index >= 15 is 0 Å². The van der Waals surface area contributed by atoms with E-state index in [4.69, 9.17) is 0 Å². The Morgan fingerprint density at radius 1 is 1.22 bits per heavy atom. The van der Waals surface area contributed by atoms with Crippen LogP contribution >= 0.6 is 0 Å². The normalized spacial score (nSPS) is 15.9. The minimum Gasteiger partial charge on any atom is -0.343 e. The maximum atomic E-state index is 13.7. The fraction of sp³-hybridized carbons (Fsp3) is 0.562. The molecular weight excluding hydrogens is 319 g/mol. The van der Waals surface area contributed by atoms with Gasteiger partial charge in [0.15, 0.2) is 0 Å². The minimum atomic E-state index is -3.51. The Morgan fingerprint density at radius 3 is 2.48 bits per heavy atom.